The lowest BCUT2D eigenvalue weighted by Crippen LogP contribution is -2.39. The molecule has 1 aromatic carbocycles. The maximum atomic E-state index is 11.3. The van der Waals surface area contributed by atoms with E-state index in [1.54, 1.807) is 12.1 Å². The summed E-state index contributed by atoms with van der Waals surface area (Å²) < 4.78 is 22.6. The Morgan fingerprint density at radius 1 is 1.17 bits per heavy atom. The molecule has 0 atom stereocenters. The monoisotopic (exact) mass is 268 g/mol. The van der Waals surface area contributed by atoms with Gasteiger partial charge in [-0.3, -0.25) is 9.69 Å². The van der Waals surface area contributed by atoms with Crippen molar-refractivity contribution in [1.82, 2.24) is 4.90 Å². The molecule has 0 aromatic heterocycles. The van der Waals surface area contributed by atoms with Crippen molar-refractivity contribution in [3.8, 4) is 0 Å². The Kier molecular flexibility index (Phi) is 3.68. The Balaban J connectivity index is 1.96. The largest absolute Gasteiger partial charge is 0.366 e. The molecule has 0 unspecified atom stereocenters. The van der Waals surface area contributed by atoms with Crippen LogP contribution < -0.4 is 5.73 Å². The third-order valence-electron chi connectivity index (χ3n) is 3.08. The summed E-state index contributed by atoms with van der Waals surface area (Å²) in [5, 5.41) is 0. The average Bonchev–Trinajstić information content (AvgIpc) is 2.33. The summed E-state index contributed by atoms with van der Waals surface area (Å²) in [6.07, 6.45) is 0. The number of hydrogen-bond donors (Lipinski definition) is 1. The summed E-state index contributed by atoms with van der Waals surface area (Å²) in [5.74, 6) is 0.0178. The molecule has 18 heavy (non-hydrogen) atoms. The third kappa shape index (κ3) is 3.30. The van der Waals surface area contributed by atoms with E-state index in [1.807, 2.05) is 12.1 Å². The maximum absolute atomic E-state index is 11.3. The van der Waals surface area contributed by atoms with Gasteiger partial charge in [-0.05, 0) is 17.7 Å². The zero-order valence-corrected chi connectivity index (χ0v) is 10.8. The normalized spacial score (nSPS) is 19.6. The van der Waals surface area contributed by atoms with Gasteiger partial charge in [0.15, 0.2) is 9.84 Å². The second kappa shape index (κ2) is 5.07. The summed E-state index contributed by atoms with van der Waals surface area (Å²) in [5.41, 5.74) is 6.70. The van der Waals surface area contributed by atoms with Gasteiger partial charge >= 0.3 is 0 Å². The van der Waals surface area contributed by atoms with E-state index in [-0.39, 0.29) is 11.5 Å². The van der Waals surface area contributed by atoms with Crippen LogP contribution in [0.5, 0.6) is 0 Å². The van der Waals surface area contributed by atoms with Crippen LogP contribution in [-0.4, -0.2) is 43.8 Å². The van der Waals surface area contributed by atoms with Crippen molar-refractivity contribution in [3.63, 3.8) is 0 Å². The van der Waals surface area contributed by atoms with Gasteiger partial charge in [0.1, 0.15) is 0 Å². The van der Waals surface area contributed by atoms with Crippen LogP contribution in [0.25, 0.3) is 0 Å². The van der Waals surface area contributed by atoms with Gasteiger partial charge in [-0.1, -0.05) is 12.1 Å². The fourth-order valence-electron chi connectivity index (χ4n) is 1.94. The van der Waals surface area contributed by atoms with Crippen LogP contribution in [0.2, 0.25) is 0 Å². The zero-order valence-electron chi connectivity index (χ0n) is 10.0. The predicted octanol–water partition coefficient (Wildman–Crippen LogP) is 0.0159. The molecule has 0 radical (unpaired) electrons. The van der Waals surface area contributed by atoms with Crippen LogP contribution in [0, 0.1) is 0 Å². The second-order valence-corrected chi connectivity index (χ2v) is 6.79. The number of rotatable bonds is 3. The molecule has 0 bridgehead atoms. The van der Waals surface area contributed by atoms with E-state index >= 15 is 0 Å². The highest BCUT2D eigenvalue weighted by Crippen LogP contribution is 2.10. The minimum Gasteiger partial charge on any atom is -0.366 e. The van der Waals surface area contributed by atoms with Crippen molar-refractivity contribution in [2.45, 2.75) is 6.54 Å². The molecule has 0 aliphatic carbocycles. The molecule has 1 amide bonds. The van der Waals surface area contributed by atoms with E-state index in [2.05, 4.69) is 4.90 Å². The molecular formula is C12H16N2O3S. The first-order valence-corrected chi connectivity index (χ1v) is 7.60. The number of benzene rings is 1. The van der Waals surface area contributed by atoms with Crippen molar-refractivity contribution in [2.24, 2.45) is 5.73 Å². The number of nitrogens with two attached hydrogens (primary N) is 1. The minimum atomic E-state index is -2.83. The van der Waals surface area contributed by atoms with Gasteiger partial charge in [-0.25, -0.2) is 8.42 Å². The third-order valence-corrected chi connectivity index (χ3v) is 4.69. The molecule has 0 spiro atoms. The number of carbonyl (C=O) groups excluding carboxylic acids is 1. The number of carbonyl (C=O) groups is 1. The molecule has 0 saturated carbocycles. The summed E-state index contributed by atoms with van der Waals surface area (Å²) in [7, 11) is -2.83. The molecule has 5 nitrogen and oxygen atoms in total. The topological polar surface area (TPSA) is 80.5 Å². The lowest BCUT2D eigenvalue weighted by atomic mass is 10.1. The second-order valence-electron chi connectivity index (χ2n) is 4.49. The Labute approximate surface area is 107 Å². The molecule has 6 heteroatoms. The van der Waals surface area contributed by atoms with E-state index in [0.717, 1.165) is 5.56 Å². The molecule has 2 N–H and O–H groups in total. The zero-order chi connectivity index (χ0) is 13.2. The Morgan fingerprint density at radius 2 is 1.72 bits per heavy atom. The highest BCUT2D eigenvalue weighted by Gasteiger charge is 2.21. The fourth-order valence-corrected chi connectivity index (χ4v) is 3.22. The summed E-state index contributed by atoms with van der Waals surface area (Å²) in [6.45, 7) is 1.84. The van der Waals surface area contributed by atoms with Crippen LogP contribution in [0.1, 0.15) is 15.9 Å². The van der Waals surface area contributed by atoms with E-state index in [9.17, 15) is 13.2 Å². The molecule has 1 aliphatic rings. The Hall–Kier alpha value is -1.40. The lowest BCUT2D eigenvalue weighted by Gasteiger charge is -2.26. The van der Waals surface area contributed by atoms with Gasteiger partial charge in [0, 0.05) is 25.2 Å². The number of sulfone groups is 1. The van der Waals surface area contributed by atoms with E-state index in [1.165, 1.54) is 0 Å². The van der Waals surface area contributed by atoms with Crippen molar-refractivity contribution in [1.29, 1.82) is 0 Å². The number of amides is 1. The molecule has 1 aromatic rings. The molecular weight excluding hydrogens is 252 g/mol. The highest BCUT2D eigenvalue weighted by molar-refractivity contribution is 7.91. The summed E-state index contributed by atoms with van der Waals surface area (Å²) >= 11 is 0. The first-order valence-electron chi connectivity index (χ1n) is 5.78. The van der Waals surface area contributed by atoms with Gasteiger partial charge < -0.3 is 5.73 Å². The van der Waals surface area contributed by atoms with Crippen LogP contribution in [-0.2, 0) is 16.4 Å². The van der Waals surface area contributed by atoms with Gasteiger partial charge in [-0.15, -0.1) is 0 Å². The maximum Gasteiger partial charge on any atom is 0.248 e. The molecule has 1 aliphatic heterocycles. The van der Waals surface area contributed by atoms with Crippen LogP contribution >= 0.6 is 0 Å². The molecule has 1 fully saturated rings. The van der Waals surface area contributed by atoms with Gasteiger partial charge in [0.25, 0.3) is 0 Å². The molecule has 1 saturated heterocycles. The molecule has 1 heterocycles. The van der Waals surface area contributed by atoms with Crippen molar-refractivity contribution in [3.05, 3.63) is 35.4 Å². The van der Waals surface area contributed by atoms with Gasteiger partial charge in [-0.2, -0.15) is 0 Å². The van der Waals surface area contributed by atoms with E-state index in [4.69, 9.17) is 5.73 Å². The number of primary amides is 1. The van der Waals surface area contributed by atoms with Crippen LogP contribution in [0.15, 0.2) is 24.3 Å². The van der Waals surface area contributed by atoms with Gasteiger partial charge in [0.05, 0.1) is 11.5 Å². The van der Waals surface area contributed by atoms with Crippen molar-refractivity contribution in [2.75, 3.05) is 24.6 Å². The Bertz CT molecular complexity index is 523. The number of hydrogen-bond acceptors (Lipinski definition) is 4. The predicted molar refractivity (Wildman–Crippen MR) is 68.9 cm³/mol. The molecule has 98 valence electrons. The fraction of sp³-hybridized carbons (Fsp3) is 0.417. The van der Waals surface area contributed by atoms with Crippen LogP contribution in [0.4, 0.5) is 0 Å². The molecule has 2 rings (SSSR count). The SMILES string of the molecule is NC(=O)c1ccc(CN2CCS(=O)(=O)CC2)cc1. The first kappa shape index (κ1) is 13.0. The van der Waals surface area contributed by atoms with E-state index in [0.29, 0.717) is 25.2 Å². The van der Waals surface area contributed by atoms with Gasteiger partial charge in [0.2, 0.25) is 5.91 Å². The smallest absolute Gasteiger partial charge is 0.248 e. The highest BCUT2D eigenvalue weighted by atomic mass is 32.2. The van der Waals surface area contributed by atoms with Crippen LogP contribution in [0.3, 0.4) is 0 Å². The Morgan fingerprint density at radius 3 is 2.22 bits per heavy atom. The van der Waals surface area contributed by atoms with Crippen molar-refractivity contribution < 1.29 is 13.2 Å². The van der Waals surface area contributed by atoms with E-state index < -0.39 is 15.7 Å². The minimum absolute atomic E-state index is 0.229. The number of nitrogens with zero attached hydrogens (tertiary/aromatic N) is 1. The average molecular weight is 268 g/mol. The quantitative estimate of drug-likeness (QED) is 0.837. The van der Waals surface area contributed by atoms with Crippen molar-refractivity contribution >= 4 is 15.7 Å². The standard InChI is InChI=1S/C12H16N2O3S/c13-12(15)11-3-1-10(2-4-11)9-14-5-7-18(16,17)8-6-14/h1-4H,5-9H2,(H2,13,15). The lowest BCUT2D eigenvalue weighted by molar-refractivity contribution is 0.1000. The first-order chi connectivity index (χ1) is 8.46. The summed E-state index contributed by atoms with van der Waals surface area (Å²) in [4.78, 5) is 13.0. The summed E-state index contributed by atoms with van der Waals surface area (Å²) in [6, 6.07) is 7.09.